The molecule has 5 heteroatoms. The van der Waals surface area contributed by atoms with Crippen molar-refractivity contribution in [3.63, 3.8) is 0 Å². The molecular formula is C12H18N2O3. The van der Waals surface area contributed by atoms with Crippen LogP contribution in [0.5, 0.6) is 5.75 Å². The van der Waals surface area contributed by atoms with E-state index in [-0.39, 0.29) is 6.15 Å². The highest BCUT2D eigenvalue weighted by Gasteiger charge is 2.23. The first-order valence-corrected chi connectivity index (χ1v) is 5.71. The molecule has 17 heavy (non-hydrogen) atoms. The summed E-state index contributed by atoms with van der Waals surface area (Å²) >= 11 is 0. The van der Waals surface area contributed by atoms with Gasteiger partial charge in [-0.25, -0.2) is 4.74 Å². The molecule has 1 saturated heterocycles. The molecule has 0 bridgehead atoms. The summed E-state index contributed by atoms with van der Waals surface area (Å²) in [5, 5.41) is 0. The van der Waals surface area contributed by atoms with Crippen LogP contribution in [0.15, 0.2) is 22.7 Å². The van der Waals surface area contributed by atoms with Gasteiger partial charge in [0.2, 0.25) is 0 Å². The second kappa shape index (κ2) is 4.81. The second-order valence-electron chi connectivity index (χ2n) is 4.09. The van der Waals surface area contributed by atoms with E-state index in [1.165, 1.54) is 0 Å². The molecule has 0 amide bonds. The molecule has 2 heterocycles. The lowest BCUT2D eigenvalue weighted by Crippen LogP contribution is -2.06. The van der Waals surface area contributed by atoms with Crippen LogP contribution in [0.1, 0.15) is 13.3 Å². The summed E-state index contributed by atoms with van der Waals surface area (Å²) in [5.41, 5.74) is 2.06. The van der Waals surface area contributed by atoms with E-state index in [2.05, 4.69) is 6.92 Å². The van der Waals surface area contributed by atoms with E-state index in [9.17, 15) is 0 Å². The van der Waals surface area contributed by atoms with E-state index >= 15 is 0 Å². The van der Waals surface area contributed by atoms with E-state index in [1.807, 2.05) is 22.9 Å². The van der Waals surface area contributed by atoms with E-state index in [4.69, 9.17) is 14.0 Å². The maximum Gasteiger partial charge on any atom is 0.185 e. The molecule has 0 aliphatic carbocycles. The van der Waals surface area contributed by atoms with E-state index in [0.717, 1.165) is 36.4 Å². The number of benzene rings is 1. The van der Waals surface area contributed by atoms with Gasteiger partial charge in [-0.1, -0.05) is 6.92 Å². The average Bonchev–Trinajstić information content (AvgIpc) is 3.07. The summed E-state index contributed by atoms with van der Waals surface area (Å²) in [5.74, 6) is 0.852. The number of hydrogen-bond acceptors (Lipinski definition) is 4. The van der Waals surface area contributed by atoms with Crippen molar-refractivity contribution in [2.45, 2.75) is 26.0 Å². The number of ether oxygens (including phenoxy) is 2. The van der Waals surface area contributed by atoms with Gasteiger partial charge in [0.05, 0.1) is 13.2 Å². The number of rotatable bonds is 5. The van der Waals surface area contributed by atoms with Crippen LogP contribution in [0.25, 0.3) is 11.1 Å². The van der Waals surface area contributed by atoms with Crippen LogP contribution in [-0.2, 0) is 11.3 Å². The summed E-state index contributed by atoms with van der Waals surface area (Å²) in [6.45, 7) is 4.53. The van der Waals surface area contributed by atoms with Crippen molar-refractivity contribution < 1.29 is 14.0 Å². The third-order valence-electron chi connectivity index (χ3n) is 2.67. The number of aromatic nitrogens is 1. The number of nitrogens with zero attached hydrogens (tertiary/aromatic N) is 1. The summed E-state index contributed by atoms with van der Waals surface area (Å²) in [4.78, 5) is 0. The first kappa shape index (κ1) is 12.0. The Morgan fingerprint density at radius 2 is 2.29 bits per heavy atom. The Kier molecular flexibility index (Phi) is 3.40. The third kappa shape index (κ3) is 2.45. The molecule has 1 aliphatic rings. The number of hydrogen-bond donors (Lipinski definition) is 1. The Morgan fingerprint density at radius 3 is 2.94 bits per heavy atom. The summed E-state index contributed by atoms with van der Waals surface area (Å²) < 4.78 is 18.1. The predicted octanol–water partition coefficient (Wildman–Crippen LogP) is 2.58. The Morgan fingerprint density at radius 1 is 1.47 bits per heavy atom. The topological polar surface area (TPSA) is 74.8 Å². The molecule has 2 aromatic rings. The Labute approximate surface area is 99.8 Å². The molecule has 1 aliphatic heterocycles. The molecule has 0 spiro atoms. The van der Waals surface area contributed by atoms with Crippen molar-refractivity contribution in [3.8, 4) is 5.75 Å². The third-order valence-corrected chi connectivity index (χ3v) is 2.67. The van der Waals surface area contributed by atoms with Gasteiger partial charge in [-0.2, -0.15) is 0 Å². The lowest BCUT2D eigenvalue weighted by Gasteiger charge is -2.14. The molecule has 1 fully saturated rings. The molecule has 0 radical (unpaired) electrons. The molecule has 1 aromatic carbocycles. The van der Waals surface area contributed by atoms with Gasteiger partial charge >= 0.3 is 0 Å². The normalized spacial score (nSPS) is 18.1. The molecule has 1 atom stereocenters. The molecule has 3 rings (SSSR count). The van der Waals surface area contributed by atoms with Crippen molar-refractivity contribution in [1.29, 1.82) is 0 Å². The molecule has 94 valence electrons. The molecule has 3 N–H and O–H groups in total. The van der Waals surface area contributed by atoms with Gasteiger partial charge in [-0.3, -0.25) is 0 Å². The van der Waals surface area contributed by atoms with Gasteiger partial charge in [0.1, 0.15) is 24.0 Å². The minimum Gasteiger partial charge on any atom is -0.491 e. The minimum absolute atomic E-state index is 0. The van der Waals surface area contributed by atoms with Gasteiger partial charge < -0.3 is 20.1 Å². The fourth-order valence-corrected chi connectivity index (χ4v) is 1.71. The maximum absolute atomic E-state index is 5.57. The SMILES string of the molecule is CCCn1oc2cc(OCC3CO3)ccc21.N. The average molecular weight is 238 g/mol. The van der Waals surface area contributed by atoms with E-state index in [1.54, 1.807) is 0 Å². The van der Waals surface area contributed by atoms with Crippen LogP contribution in [0.3, 0.4) is 0 Å². The zero-order valence-corrected chi connectivity index (χ0v) is 10.0. The first-order valence-electron chi connectivity index (χ1n) is 5.71. The van der Waals surface area contributed by atoms with Crippen LogP contribution >= 0.6 is 0 Å². The van der Waals surface area contributed by atoms with Crippen molar-refractivity contribution in [2.75, 3.05) is 13.2 Å². The monoisotopic (exact) mass is 238 g/mol. The van der Waals surface area contributed by atoms with Crippen molar-refractivity contribution in [3.05, 3.63) is 18.2 Å². The standard InChI is InChI=1S/C12H15NO3.H3N/c1-2-5-13-11-4-3-9(6-12(11)16-13)14-7-10-8-15-10;/h3-4,6,10H,2,5,7-8H2,1H3;1H3. The quantitative estimate of drug-likeness (QED) is 0.812. The highest BCUT2D eigenvalue weighted by molar-refractivity contribution is 5.75. The van der Waals surface area contributed by atoms with E-state index in [0.29, 0.717) is 12.7 Å². The number of aryl methyl sites for hydroxylation is 1. The molecular weight excluding hydrogens is 220 g/mol. The fraction of sp³-hybridized carbons (Fsp3) is 0.500. The number of epoxide rings is 1. The van der Waals surface area contributed by atoms with Crippen molar-refractivity contribution >= 4 is 11.1 Å². The minimum atomic E-state index is 0. The smallest absolute Gasteiger partial charge is 0.185 e. The lowest BCUT2D eigenvalue weighted by atomic mass is 10.3. The zero-order chi connectivity index (χ0) is 11.0. The maximum atomic E-state index is 5.57. The van der Waals surface area contributed by atoms with Gasteiger partial charge in [-0.15, -0.1) is 0 Å². The van der Waals surface area contributed by atoms with Crippen LogP contribution < -0.4 is 10.9 Å². The Hall–Kier alpha value is -1.46. The molecule has 5 nitrogen and oxygen atoms in total. The molecule has 1 unspecified atom stereocenters. The van der Waals surface area contributed by atoms with Crippen molar-refractivity contribution in [1.82, 2.24) is 10.9 Å². The zero-order valence-electron chi connectivity index (χ0n) is 10.0. The van der Waals surface area contributed by atoms with Gasteiger partial charge in [0, 0.05) is 6.07 Å². The second-order valence-corrected chi connectivity index (χ2v) is 4.09. The molecule has 1 aromatic heterocycles. The highest BCUT2D eigenvalue weighted by atomic mass is 16.6. The highest BCUT2D eigenvalue weighted by Crippen LogP contribution is 2.25. The Bertz CT molecular complexity index is 485. The van der Waals surface area contributed by atoms with Crippen LogP contribution in [-0.4, -0.2) is 24.1 Å². The largest absolute Gasteiger partial charge is 0.491 e. The predicted molar refractivity (Wildman–Crippen MR) is 64.8 cm³/mol. The van der Waals surface area contributed by atoms with E-state index < -0.39 is 0 Å². The van der Waals surface area contributed by atoms with Gasteiger partial charge in [-0.05, 0) is 18.6 Å². The number of fused-ring (bicyclic) bond motifs is 1. The van der Waals surface area contributed by atoms with Crippen LogP contribution in [0.4, 0.5) is 0 Å². The van der Waals surface area contributed by atoms with Crippen LogP contribution in [0, 0.1) is 0 Å². The fourth-order valence-electron chi connectivity index (χ4n) is 1.71. The van der Waals surface area contributed by atoms with Gasteiger partial charge in [0.15, 0.2) is 5.58 Å². The van der Waals surface area contributed by atoms with Crippen LogP contribution in [0.2, 0.25) is 0 Å². The summed E-state index contributed by atoms with van der Waals surface area (Å²) in [6.07, 6.45) is 1.38. The van der Waals surface area contributed by atoms with Gasteiger partial charge in [0.25, 0.3) is 0 Å². The summed E-state index contributed by atoms with van der Waals surface area (Å²) in [7, 11) is 0. The Balaban J connectivity index is 0.00000108. The summed E-state index contributed by atoms with van der Waals surface area (Å²) in [6, 6.07) is 5.95. The molecule has 0 saturated carbocycles. The first-order chi connectivity index (χ1) is 7.86. The lowest BCUT2D eigenvalue weighted by molar-refractivity contribution is 0.254. The van der Waals surface area contributed by atoms with Crippen molar-refractivity contribution in [2.24, 2.45) is 0 Å².